The van der Waals surface area contributed by atoms with Gasteiger partial charge in [0.15, 0.2) is 0 Å². The molecule has 72 valence electrons. The van der Waals surface area contributed by atoms with Crippen LogP contribution in [0.25, 0.3) is 0 Å². The van der Waals surface area contributed by atoms with Crippen LogP contribution in [-0.4, -0.2) is 22.8 Å². The van der Waals surface area contributed by atoms with Gasteiger partial charge in [0.1, 0.15) is 0 Å². The largest absolute Gasteiger partial charge is 0.481 e. The third kappa shape index (κ3) is 2.48. The Morgan fingerprint density at radius 1 is 1.17 bits per heavy atom. The minimum Gasteiger partial charge on any atom is -0.481 e. The van der Waals surface area contributed by atoms with Crippen molar-refractivity contribution < 1.29 is 15.0 Å². The van der Waals surface area contributed by atoms with Gasteiger partial charge in [-0.1, -0.05) is 27.7 Å². The summed E-state index contributed by atoms with van der Waals surface area (Å²) in [5, 5.41) is 17.7. The summed E-state index contributed by atoms with van der Waals surface area (Å²) in [4.78, 5) is 10.5. The Morgan fingerprint density at radius 2 is 1.58 bits per heavy atom. The van der Waals surface area contributed by atoms with E-state index in [9.17, 15) is 4.79 Å². The predicted molar refractivity (Wildman–Crippen MR) is 46.9 cm³/mol. The van der Waals surface area contributed by atoms with Crippen LogP contribution in [0.1, 0.15) is 34.1 Å². The van der Waals surface area contributed by atoms with E-state index >= 15 is 0 Å². The fourth-order valence-corrected chi connectivity index (χ4v) is 0.831. The van der Waals surface area contributed by atoms with Crippen LogP contribution in [0.4, 0.5) is 0 Å². The van der Waals surface area contributed by atoms with Gasteiger partial charge in [0.2, 0.25) is 0 Å². The lowest BCUT2D eigenvalue weighted by Crippen LogP contribution is -2.37. The molecule has 0 aliphatic heterocycles. The van der Waals surface area contributed by atoms with Crippen molar-refractivity contribution in [2.75, 3.05) is 6.61 Å². The number of aliphatic hydroxyl groups excluding tert-OH is 1. The maximum atomic E-state index is 10.5. The summed E-state index contributed by atoms with van der Waals surface area (Å²) >= 11 is 0. The number of hydrogen-bond donors (Lipinski definition) is 2. The Bertz CT molecular complexity index is 171. The zero-order chi connectivity index (χ0) is 9.99. The van der Waals surface area contributed by atoms with Crippen molar-refractivity contribution in [3.63, 3.8) is 0 Å². The second kappa shape index (κ2) is 3.44. The summed E-state index contributed by atoms with van der Waals surface area (Å²) in [7, 11) is 0. The standard InChI is InChI=1S/C9H18O3/c1-8(2,5-7(11)12)9(3,4)6-10/h10H,5-6H2,1-4H3,(H,11,12). The molecule has 0 saturated carbocycles. The number of aliphatic carboxylic acids is 1. The molecule has 0 heterocycles. The van der Waals surface area contributed by atoms with Crippen molar-refractivity contribution in [1.29, 1.82) is 0 Å². The quantitative estimate of drug-likeness (QED) is 0.679. The summed E-state index contributed by atoms with van der Waals surface area (Å²) in [6.45, 7) is 7.47. The summed E-state index contributed by atoms with van der Waals surface area (Å²) in [6.07, 6.45) is 0.0839. The van der Waals surface area contributed by atoms with Gasteiger partial charge in [-0.25, -0.2) is 0 Å². The van der Waals surface area contributed by atoms with Crippen LogP contribution >= 0.6 is 0 Å². The summed E-state index contributed by atoms with van der Waals surface area (Å²) in [6, 6.07) is 0. The first kappa shape index (κ1) is 11.4. The number of carbonyl (C=O) groups is 1. The van der Waals surface area contributed by atoms with Gasteiger partial charge in [-0.05, 0) is 10.8 Å². The molecule has 3 heteroatoms. The third-order valence-corrected chi connectivity index (χ3v) is 2.82. The molecule has 0 spiro atoms. The van der Waals surface area contributed by atoms with Crippen LogP contribution in [0.3, 0.4) is 0 Å². The smallest absolute Gasteiger partial charge is 0.303 e. The van der Waals surface area contributed by atoms with E-state index in [0.29, 0.717) is 0 Å². The topological polar surface area (TPSA) is 57.5 Å². The van der Waals surface area contributed by atoms with Crippen LogP contribution in [-0.2, 0) is 4.79 Å². The van der Waals surface area contributed by atoms with Gasteiger partial charge < -0.3 is 10.2 Å². The maximum absolute atomic E-state index is 10.5. The number of rotatable bonds is 4. The van der Waals surface area contributed by atoms with Gasteiger partial charge in [-0.3, -0.25) is 4.79 Å². The molecule has 2 N–H and O–H groups in total. The number of hydrogen-bond acceptors (Lipinski definition) is 2. The fourth-order valence-electron chi connectivity index (χ4n) is 0.831. The molecule has 0 atom stereocenters. The van der Waals surface area contributed by atoms with Gasteiger partial charge in [-0.15, -0.1) is 0 Å². The van der Waals surface area contributed by atoms with Gasteiger partial charge in [-0.2, -0.15) is 0 Å². The first-order chi connectivity index (χ1) is 5.23. The Kier molecular flexibility index (Phi) is 3.27. The van der Waals surface area contributed by atoms with E-state index < -0.39 is 5.97 Å². The minimum absolute atomic E-state index is 0.00722. The van der Waals surface area contributed by atoms with Crippen molar-refractivity contribution in [2.45, 2.75) is 34.1 Å². The molecule has 0 aromatic rings. The highest BCUT2D eigenvalue weighted by atomic mass is 16.4. The van der Waals surface area contributed by atoms with Gasteiger partial charge in [0.25, 0.3) is 0 Å². The zero-order valence-corrected chi connectivity index (χ0v) is 8.22. The van der Waals surface area contributed by atoms with Crippen LogP contribution in [0, 0.1) is 10.8 Å². The zero-order valence-electron chi connectivity index (χ0n) is 8.22. The molecule has 0 aliphatic rings. The van der Waals surface area contributed by atoms with Crippen LogP contribution < -0.4 is 0 Å². The van der Waals surface area contributed by atoms with E-state index in [-0.39, 0.29) is 23.9 Å². The van der Waals surface area contributed by atoms with Crippen molar-refractivity contribution >= 4 is 5.97 Å². The molecule has 0 aromatic carbocycles. The third-order valence-electron chi connectivity index (χ3n) is 2.82. The molecular weight excluding hydrogens is 156 g/mol. The maximum Gasteiger partial charge on any atom is 0.303 e. The molecule has 0 amide bonds. The van der Waals surface area contributed by atoms with Crippen molar-refractivity contribution in [2.24, 2.45) is 10.8 Å². The van der Waals surface area contributed by atoms with Gasteiger partial charge in [0, 0.05) is 6.61 Å². The Hall–Kier alpha value is -0.570. The SMILES string of the molecule is CC(C)(CO)C(C)(C)CC(=O)O. The van der Waals surface area contributed by atoms with Crippen molar-refractivity contribution in [3.8, 4) is 0 Å². The second-order valence-electron chi connectivity index (χ2n) is 4.50. The lowest BCUT2D eigenvalue weighted by atomic mass is 9.66. The molecule has 3 nitrogen and oxygen atoms in total. The van der Waals surface area contributed by atoms with E-state index in [1.54, 1.807) is 0 Å². The van der Waals surface area contributed by atoms with E-state index in [4.69, 9.17) is 10.2 Å². The molecule has 0 rings (SSSR count). The van der Waals surface area contributed by atoms with Gasteiger partial charge >= 0.3 is 5.97 Å². The molecule has 0 bridgehead atoms. The highest BCUT2D eigenvalue weighted by Gasteiger charge is 2.37. The first-order valence-corrected chi connectivity index (χ1v) is 4.05. The highest BCUT2D eigenvalue weighted by molar-refractivity contribution is 5.67. The molecule has 0 unspecified atom stereocenters. The molecule has 0 fully saturated rings. The molecule has 12 heavy (non-hydrogen) atoms. The predicted octanol–water partition coefficient (Wildman–Crippen LogP) is 1.51. The average molecular weight is 174 g/mol. The lowest BCUT2D eigenvalue weighted by Gasteiger charge is -2.39. The Labute approximate surface area is 73.4 Å². The van der Waals surface area contributed by atoms with E-state index in [1.807, 2.05) is 27.7 Å². The van der Waals surface area contributed by atoms with E-state index in [1.165, 1.54) is 0 Å². The molecule has 0 radical (unpaired) electrons. The summed E-state index contributed by atoms with van der Waals surface area (Å²) < 4.78 is 0. The van der Waals surface area contributed by atoms with Crippen LogP contribution in [0.15, 0.2) is 0 Å². The van der Waals surface area contributed by atoms with Crippen molar-refractivity contribution in [3.05, 3.63) is 0 Å². The minimum atomic E-state index is -0.818. The van der Waals surface area contributed by atoms with E-state index in [0.717, 1.165) is 0 Å². The number of aliphatic hydroxyl groups is 1. The molecular formula is C9H18O3. The number of carboxylic acid groups (broad SMARTS) is 1. The van der Waals surface area contributed by atoms with Gasteiger partial charge in [0.05, 0.1) is 6.42 Å². The van der Waals surface area contributed by atoms with E-state index in [2.05, 4.69) is 0 Å². The second-order valence-corrected chi connectivity index (χ2v) is 4.50. The number of carboxylic acids is 1. The fraction of sp³-hybridized carbons (Fsp3) is 0.889. The van der Waals surface area contributed by atoms with Crippen LogP contribution in [0.5, 0.6) is 0 Å². The highest BCUT2D eigenvalue weighted by Crippen LogP contribution is 2.40. The van der Waals surface area contributed by atoms with Crippen LogP contribution in [0.2, 0.25) is 0 Å². The van der Waals surface area contributed by atoms with Crippen molar-refractivity contribution in [1.82, 2.24) is 0 Å². The Morgan fingerprint density at radius 3 is 1.83 bits per heavy atom. The first-order valence-electron chi connectivity index (χ1n) is 4.05. The average Bonchev–Trinajstić information content (AvgIpc) is 1.84. The molecule has 0 saturated heterocycles. The Balaban J connectivity index is 4.48. The monoisotopic (exact) mass is 174 g/mol. The molecule has 0 aliphatic carbocycles. The lowest BCUT2D eigenvalue weighted by molar-refractivity contribution is -0.141. The normalized spacial score (nSPS) is 13.1. The summed E-state index contributed by atoms with van der Waals surface area (Å²) in [5.74, 6) is -0.818. The summed E-state index contributed by atoms with van der Waals surface area (Å²) in [5.41, 5.74) is -0.737. The molecule has 0 aromatic heterocycles.